The first kappa shape index (κ1) is 24.6. The van der Waals surface area contributed by atoms with Crippen molar-refractivity contribution >= 4 is 17.5 Å². The van der Waals surface area contributed by atoms with Gasteiger partial charge in [-0.05, 0) is 43.7 Å². The number of aromatic nitrogens is 4. The number of hydrogen-bond acceptors (Lipinski definition) is 8. The Balaban J connectivity index is 1.39. The third-order valence-electron chi connectivity index (χ3n) is 6.25. The van der Waals surface area contributed by atoms with Crippen LogP contribution in [0.1, 0.15) is 18.9 Å². The van der Waals surface area contributed by atoms with Gasteiger partial charge >= 0.3 is 0 Å². The number of β-amino-alcohol motifs (C(OH)–C–C–N with tert-alkyl or cyclic N) is 1. The van der Waals surface area contributed by atoms with Crippen LogP contribution in [0.15, 0.2) is 49.1 Å². The summed E-state index contributed by atoms with van der Waals surface area (Å²) in [6.07, 6.45) is 4.97. The largest absolute Gasteiger partial charge is 0.391 e. The van der Waals surface area contributed by atoms with Crippen molar-refractivity contribution in [1.29, 1.82) is 0 Å². The zero-order valence-corrected chi connectivity index (χ0v) is 19.7. The van der Waals surface area contributed by atoms with Crippen LogP contribution in [-0.4, -0.2) is 74.5 Å². The van der Waals surface area contributed by atoms with Crippen molar-refractivity contribution in [3.8, 4) is 5.69 Å². The van der Waals surface area contributed by atoms with Gasteiger partial charge in [-0.3, -0.25) is 9.69 Å². The maximum absolute atomic E-state index is 15.4. The van der Waals surface area contributed by atoms with Gasteiger partial charge in [-0.15, -0.1) is 0 Å². The number of primary amides is 1. The number of nitrogens with two attached hydrogens (primary N) is 1. The number of amides is 1. The topological polar surface area (TPSA) is 125 Å². The number of piperidine rings is 1. The van der Waals surface area contributed by atoms with Crippen molar-refractivity contribution in [2.24, 2.45) is 11.7 Å². The summed E-state index contributed by atoms with van der Waals surface area (Å²) in [4.78, 5) is 23.1. The molecule has 2 aromatic heterocycles. The van der Waals surface area contributed by atoms with Gasteiger partial charge < -0.3 is 21.1 Å². The zero-order valence-electron chi connectivity index (χ0n) is 19.7. The number of nitrogens with one attached hydrogen (secondary N) is 1. The average molecular weight is 483 g/mol. The fourth-order valence-corrected chi connectivity index (χ4v) is 4.31. The monoisotopic (exact) mass is 482 g/mol. The second-order valence-corrected chi connectivity index (χ2v) is 8.69. The van der Waals surface area contributed by atoms with Crippen LogP contribution in [0, 0.1) is 11.7 Å². The number of benzene rings is 1. The lowest BCUT2D eigenvalue weighted by molar-refractivity contribution is -0.120. The van der Waals surface area contributed by atoms with Crippen molar-refractivity contribution in [2.45, 2.75) is 26.0 Å². The molecule has 1 aliphatic heterocycles. The van der Waals surface area contributed by atoms with Crippen LogP contribution in [0.2, 0.25) is 0 Å². The minimum Gasteiger partial charge on any atom is -0.391 e. The Morgan fingerprint density at radius 2 is 2.11 bits per heavy atom. The van der Waals surface area contributed by atoms with E-state index in [2.05, 4.69) is 20.4 Å². The number of aliphatic hydroxyl groups excluding tert-OH is 1. The number of carbonyl (C=O) groups is 1. The Morgan fingerprint density at radius 3 is 2.77 bits per heavy atom. The number of likely N-dealkylation sites (tertiary alicyclic amines) is 1. The van der Waals surface area contributed by atoms with Gasteiger partial charge in [0.25, 0.3) is 0 Å². The van der Waals surface area contributed by atoms with Gasteiger partial charge in [0, 0.05) is 44.5 Å². The molecule has 4 rings (SSSR count). The van der Waals surface area contributed by atoms with Crippen molar-refractivity contribution in [1.82, 2.24) is 24.6 Å². The van der Waals surface area contributed by atoms with Gasteiger partial charge in [0.15, 0.2) is 11.6 Å². The summed E-state index contributed by atoms with van der Waals surface area (Å²) in [5.74, 6) is -0.707. The molecule has 11 heteroatoms. The first-order valence-electron chi connectivity index (χ1n) is 11.7. The summed E-state index contributed by atoms with van der Waals surface area (Å²) >= 11 is 0. The van der Waals surface area contributed by atoms with Gasteiger partial charge in [-0.1, -0.05) is 12.1 Å². The molecule has 4 N–H and O–H groups in total. The van der Waals surface area contributed by atoms with E-state index in [9.17, 15) is 9.90 Å². The third-order valence-corrected chi connectivity index (χ3v) is 6.25. The maximum Gasteiger partial charge on any atom is 0.231 e. The molecule has 0 aliphatic carbocycles. The first-order valence-corrected chi connectivity index (χ1v) is 11.7. The van der Waals surface area contributed by atoms with E-state index in [1.54, 1.807) is 10.9 Å². The molecule has 0 saturated carbocycles. The predicted molar refractivity (Wildman–Crippen MR) is 131 cm³/mol. The summed E-state index contributed by atoms with van der Waals surface area (Å²) in [5, 5.41) is 17.7. The van der Waals surface area contributed by atoms with Gasteiger partial charge in [0.05, 0.1) is 18.3 Å². The minimum atomic E-state index is -0.642. The molecule has 1 aliphatic rings. The Hall–Kier alpha value is -3.57. The quantitative estimate of drug-likeness (QED) is 0.396. The molecule has 1 saturated heterocycles. The molecule has 3 heterocycles. The van der Waals surface area contributed by atoms with Crippen LogP contribution < -0.4 is 16.0 Å². The second-order valence-electron chi connectivity index (χ2n) is 8.69. The van der Waals surface area contributed by atoms with Crippen LogP contribution >= 0.6 is 0 Å². The summed E-state index contributed by atoms with van der Waals surface area (Å²) < 4.78 is 17.1. The van der Waals surface area contributed by atoms with Gasteiger partial charge in [0.1, 0.15) is 6.33 Å². The Bertz CT molecular complexity index is 1110. The van der Waals surface area contributed by atoms with Gasteiger partial charge in [0.2, 0.25) is 11.7 Å². The van der Waals surface area contributed by atoms with Crippen molar-refractivity contribution < 1.29 is 14.3 Å². The summed E-state index contributed by atoms with van der Waals surface area (Å²) in [6.45, 7) is 4.48. The van der Waals surface area contributed by atoms with Crippen molar-refractivity contribution in [2.75, 3.05) is 42.9 Å². The highest BCUT2D eigenvalue weighted by molar-refractivity contribution is 5.75. The maximum atomic E-state index is 15.4. The number of nitrogens with zero attached hydrogens (tertiary/aromatic N) is 6. The molecule has 1 fully saturated rings. The normalized spacial score (nSPS) is 18.4. The van der Waals surface area contributed by atoms with E-state index >= 15 is 4.39 Å². The molecular formula is C24H31FN8O2. The van der Waals surface area contributed by atoms with Crippen LogP contribution in [0.5, 0.6) is 0 Å². The fraction of sp³-hybridized carbons (Fsp3) is 0.417. The number of carbonyl (C=O) groups excluding carboxylic acids is 1. The van der Waals surface area contributed by atoms with E-state index < -0.39 is 17.8 Å². The standard InChI is InChI=1S/C24H31FN8O2/c1-2-32(13-17-4-6-19(7-5-17)33-10-3-9-30-33)24-22(25)23(28-16-29-24)27-12-18-8-11-31(14-20(18)34)15-21(26)35/h3-7,9-10,16,18,20,34H,2,8,11-15H2,1H3,(H2,26,35)(H,27,28,29)/t18-,20+/m0/s1. The molecule has 186 valence electrons. The lowest BCUT2D eigenvalue weighted by atomic mass is 9.94. The number of aliphatic hydroxyl groups is 1. The minimum absolute atomic E-state index is 0.0903. The highest BCUT2D eigenvalue weighted by Crippen LogP contribution is 2.25. The molecule has 0 bridgehead atoms. The van der Waals surface area contributed by atoms with E-state index in [0.29, 0.717) is 39.1 Å². The van der Waals surface area contributed by atoms with Crippen LogP contribution in [0.4, 0.5) is 16.0 Å². The van der Waals surface area contributed by atoms with E-state index in [1.165, 1.54) is 6.33 Å². The SMILES string of the molecule is CCN(Cc1ccc(-n2cccn2)cc1)c1ncnc(NC[C@@H]2CCN(CC(N)=O)C[C@H]2O)c1F. The van der Waals surface area contributed by atoms with E-state index in [0.717, 1.165) is 11.3 Å². The zero-order chi connectivity index (χ0) is 24.8. The molecule has 3 aromatic rings. The molecule has 2 atom stereocenters. The van der Waals surface area contributed by atoms with Crippen LogP contribution in [0.3, 0.4) is 0 Å². The molecule has 10 nitrogen and oxygen atoms in total. The lowest BCUT2D eigenvalue weighted by Crippen LogP contribution is -2.48. The summed E-state index contributed by atoms with van der Waals surface area (Å²) in [6, 6.07) is 9.79. The number of anilines is 2. The number of halogens is 1. The average Bonchev–Trinajstić information content (AvgIpc) is 3.38. The Labute approximate surface area is 203 Å². The number of hydrogen-bond donors (Lipinski definition) is 3. The third kappa shape index (κ3) is 6.11. The fourth-order valence-electron chi connectivity index (χ4n) is 4.31. The van der Waals surface area contributed by atoms with Crippen LogP contribution in [0.25, 0.3) is 5.69 Å². The van der Waals surface area contributed by atoms with E-state index in [4.69, 9.17) is 5.73 Å². The molecule has 1 amide bonds. The first-order chi connectivity index (χ1) is 16.9. The van der Waals surface area contributed by atoms with Gasteiger partial charge in [-0.25, -0.2) is 14.6 Å². The molecule has 0 unspecified atom stereocenters. The predicted octanol–water partition coefficient (Wildman–Crippen LogP) is 1.41. The molecule has 0 radical (unpaired) electrons. The Morgan fingerprint density at radius 1 is 1.31 bits per heavy atom. The smallest absolute Gasteiger partial charge is 0.231 e. The lowest BCUT2D eigenvalue weighted by Gasteiger charge is -2.35. The molecular weight excluding hydrogens is 451 g/mol. The molecule has 1 aromatic carbocycles. The molecule has 0 spiro atoms. The Kier molecular flexibility index (Phi) is 7.88. The highest BCUT2D eigenvalue weighted by atomic mass is 19.1. The highest BCUT2D eigenvalue weighted by Gasteiger charge is 2.28. The van der Waals surface area contributed by atoms with Crippen LogP contribution in [-0.2, 0) is 11.3 Å². The van der Waals surface area contributed by atoms with Crippen molar-refractivity contribution in [3.05, 3.63) is 60.4 Å². The van der Waals surface area contributed by atoms with Crippen molar-refractivity contribution in [3.63, 3.8) is 0 Å². The number of rotatable bonds is 10. The second kappa shape index (κ2) is 11.2. The summed E-state index contributed by atoms with van der Waals surface area (Å²) in [7, 11) is 0. The van der Waals surface area contributed by atoms with Gasteiger partial charge in [-0.2, -0.15) is 9.49 Å². The van der Waals surface area contributed by atoms with E-state index in [-0.39, 0.29) is 24.1 Å². The van der Waals surface area contributed by atoms with E-state index in [1.807, 2.05) is 53.3 Å². The summed E-state index contributed by atoms with van der Waals surface area (Å²) in [5.41, 5.74) is 7.21. The molecule has 35 heavy (non-hydrogen) atoms.